The van der Waals surface area contributed by atoms with Gasteiger partial charge in [-0.3, -0.25) is 0 Å². The van der Waals surface area contributed by atoms with Gasteiger partial charge >= 0.3 is 0 Å². The number of ether oxygens (including phenoxy) is 5. The maximum atomic E-state index is 10.2. The molecule has 0 aliphatic carbocycles. The summed E-state index contributed by atoms with van der Waals surface area (Å²) in [6, 6.07) is 0. The second-order valence-electron chi connectivity index (χ2n) is 6.23. The van der Waals surface area contributed by atoms with Crippen molar-refractivity contribution < 1.29 is 44.1 Å². The van der Waals surface area contributed by atoms with Crippen LogP contribution < -0.4 is 0 Å². The highest BCUT2D eigenvalue weighted by Gasteiger charge is 2.54. The van der Waals surface area contributed by atoms with Crippen LogP contribution in [0.3, 0.4) is 0 Å². The molecule has 0 aromatic heterocycles. The molecule has 3 saturated heterocycles. The molecule has 23 heavy (non-hydrogen) atoms. The molecule has 3 heterocycles. The van der Waals surface area contributed by atoms with Crippen LogP contribution in [0.4, 0.5) is 0 Å². The Morgan fingerprint density at radius 3 is 2.43 bits per heavy atom. The smallest absolute Gasteiger partial charge is 0.186 e. The molecule has 3 fully saturated rings. The molecule has 9 heteroatoms. The molecule has 3 rings (SSSR count). The Kier molecular flexibility index (Phi) is 5.21. The van der Waals surface area contributed by atoms with Crippen molar-refractivity contribution in [2.24, 2.45) is 5.92 Å². The minimum atomic E-state index is -1.08. The lowest BCUT2D eigenvalue weighted by Crippen LogP contribution is -2.60. The summed E-state index contributed by atoms with van der Waals surface area (Å²) in [4.78, 5) is 0. The first-order chi connectivity index (χ1) is 11.0. The summed E-state index contributed by atoms with van der Waals surface area (Å²) in [5, 5.41) is 39.7. The fraction of sp³-hybridized carbons (Fsp3) is 1.00. The summed E-state index contributed by atoms with van der Waals surface area (Å²) in [6.07, 6.45) is -7.56. The molecule has 0 amide bonds. The number of hydrogen-bond donors (Lipinski definition) is 4. The first-order valence-electron chi connectivity index (χ1n) is 7.73. The van der Waals surface area contributed by atoms with Crippen molar-refractivity contribution in [3.63, 3.8) is 0 Å². The van der Waals surface area contributed by atoms with E-state index in [1.54, 1.807) is 6.92 Å². The van der Waals surface area contributed by atoms with Gasteiger partial charge in [0.15, 0.2) is 12.6 Å². The quantitative estimate of drug-likeness (QED) is 0.443. The second kappa shape index (κ2) is 6.87. The van der Waals surface area contributed by atoms with E-state index in [1.165, 1.54) is 7.11 Å². The van der Waals surface area contributed by atoms with E-state index in [4.69, 9.17) is 23.7 Å². The van der Waals surface area contributed by atoms with Crippen LogP contribution in [0.25, 0.3) is 0 Å². The average Bonchev–Trinajstić information content (AvgIpc) is 2.86. The highest BCUT2D eigenvalue weighted by atomic mass is 16.8. The van der Waals surface area contributed by atoms with Gasteiger partial charge < -0.3 is 44.1 Å². The van der Waals surface area contributed by atoms with Gasteiger partial charge in [-0.2, -0.15) is 0 Å². The van der Waals surface area contributed by atoms with Gasteiger partial charge in [-0.15, -0.1) is 0 Å². The average molecular weight is 336 g/mol. The third-order valence-corrected chi connectivity index (χ3v) is 4.82. The predicted molar refractivity (Wildman–Crippen MR) is 73.2 cm³/mol. The fourth-order valence-electron chi connectivity index (χ4n) is 3.32. The normalized spacial score (nSPS) is 53.5. The van der Waals surface area contributed by atoms with E-state index in [-0.39, 0.29) is 6.61 Å². The zero-order chi connectivity index (χ0) is 16.7. The standard InChI is InChI=1S/C14H24O9/c1-5-8(16)6(3-15)21-14(9(5)17)23-11-7-4-20-12(11)10(18)13(19-2)22-7/h5-18H,3-4H2,1-2H3/t5-,6?,7?,8+,9?,10-,11-,12?,13-,14-/m0/s1. The van der Waals surface area contributed by atoms with Gasteiger partial charge in [0.25, 0.3) is 0 Å². The van der Waals surface area contributed by atoms with Crippen molar-refractivity contribution in [3.8, 4) is 0 Å². The SMILES string of the molecule is CO[C@H]1OC2COC([C@H]2O[C@@H]2OC(CO)[C@H](O)[C@H](C)C2O)[C@@H]1O. The third kappa shape index (κ3) is 3.01. The molecule has 0 radical (unpaired) electrons. The molecule has 9 nitrogen and oxygen atoms in total. The Morgan fingerprint density at radius 1 is 1.04 bits per heavy atom. The van der Waals surface area contributed by atoms with Crippen LogP contribution in [-0.2, 0) is 23.7 Å². The summed E-state index contributed by atoms with van der Waals surface area (Å²) in [5.74, 6) is -0.536. The summed E-state index contributed by atoms with van der Waals surface area (Å²) < 4.78 is 27.4. The van der Waals surface area contributed by atoms with E-state index in [9.17, 15) is 20.4 Å². The van der Waals surface area contributed by atoms with Crippen LogP contribution in [0.2, 0.25) is 0 Å². The van der Waals surface area contributed by atoms with E-state index < -0.39 is 67.8 Å². The first kappa shape index (κ1) is 17.5. The van der Waals surface area contributed by atoms with Crippen molar-refractivity contribution >= 4 is 0 Å². The van der Waals surface area contributed by atoms with E-state index in [2.05, 4.69) is 0 Å². The molecule has 0 spiro atoms. The topological polar surface area (TPSA) is 127 Å². The molecule has 0 saturated carbocycles. The predicted octanol–water partition coefficient (Wildman–Crippen LogP) is -2.42. The molecule has 0 aromatic carbocycles. The largest absolute Gasteiger partial charge is 0.394 e. The van der Waals surface area contributed by atoms with Crippen molar-refractivity contribution in [1.29, 1.82) is 0 Å². The van der Waals surface area contributed by atoms with Gasteiger partial charge in [0.05, 0.1) is 19.3 Å². The lowest BCUT2D eigenvalue weighted by Gasteiger charge is -2.44. The van der Waals surface area contributed by atoms with Crippen molar-refractivity contribution in [2.75, 3.05) is 20.3 Å². The van der Waals surface area contributed by atoms with Crippen LogP contribution >= 0.6 is 0 Å². The summed E-state index contributed by atoms with van der Waals surface area (Å²) >= 11 is 0. The highest BCUT2D eigenvalue weighted by molar-refractivity contribution is 4.97. The molecule has 4 unspecified atom stereocenters. The number of aliphatic hydroxyl groups is 4. The fourth-order valence-corrected chi connectivity index (χ4v) is 3.32. The Balaban J connectivity index is 1.69. The molecule has 3 aliphatic rings. The molecule has 0 aromatic rings. The van der Waals surface area contributed by atoms with E-state index in [0.717, 1.165) is 0 Å². The molecule has 4 N–H and O–H groups in total. The molecule has 2 bridgehead atoms. The lowest BCUT2D eigenvalue weighted by atomic mass is 9.90. The lowest BCUT2D eigenvalue weighted by molar-refractivity contribution is -0.331. The monoisotopic (exact) mass is 336 g/mol. The van der Waals surface area contributed by atoms with Crippen LogP contribution in [0.5, 0.6) is 0 Å². The van der Waals surface area contributed by atoms with Gasteiger partial charge in [0.2, 0.25) is 0 Å². The molecular weight excluding hydrogens is 312 g/mol. The van der Waals surface area contributed by atoms with Crippen LogP contribution in [0.1, 0.15) is 6.92 Å². The summed E-state index contributed by atoms with van der Waals surface area (Å²) in [5.41, 5.74) is 0. The molecule has 134 valence electrons. The van der Waals surface area contributed by atoms with E-state index in [0.29, 0.717) is 0 Å². The minimum absolute atomic E-state index is 0.233. The maximum absolute atomic E-state index is 10.2. The van der Waals surface area contributed by atoms with Gasteiger partial charge in [-0.1, -0.05) is 6.92 Å². The Morgan fingerprint density at radius 2 is 1.78 bits per heavy atom. The van der Waals surface area contributed by atoms with E-state index >= 15 is 0 Å². The maximum Gasteiger partial charge on any atom is 0.186 e. The molecule has 3 aliphatic heterocycles. The zero-order valence-corrected chi connectivity index (χ0v) is 13.0. The first-order valence-corrected chi connectivity index (χ1v) is 7.73. The number of aliphatic hydroxyl groups excluding tert-OH is 4. The number of hydrogen-bond acceptors (Lipinski definition) is 9. The highest BCUT2D eigenvalue weighted by Crippen LogP contribution is 2.35. The van der Waals surface area contributed by atoms with Crippen molar-refractivity contribution in [1.82, 2.24) is 0 Å². The Labute approximate surface area is 133 Å². The second-order valence-corrected chi connectivity index (χ2v) is 6.23. The number of fused-ring (bicyclic) bond motifs is 2. The summed E-state index contributed by atoms with van der Waals surface area (Å²) in [7, 11) is 1.43. The van der Waals surface area contributed by atoms with Crippen LogP contribution in [-0.4, -0.2) is 96.1 Å². The zero-order valence-electron chi connectivity index (χ0n) is 13.0. The Hall–Kier alpha value is -0.360. The third-order valence-electron chi connectivity index (χ3n) is 4.82. The Bertz CT molecular complexity index is 406. The van der Waals surface area contributed by atoms with Crippen molar-refractivity contribution in [2.45, 2.75) is 62.2 Å². The van der Waals surface area contributed by atoms with Gasteiger partial charge in [0, 0.05) is 13.0 Å². The number of methoxy groups -OCH3 is 1. The molecular formula is C14H24O9. The molecule has 10 atom stereocenters. The number of rotatable bonds is 4. The van der Waals surface area contributed by atoms with Gasteiger partial charge in [0.1, 0.15) is 36.6 Å². The summed E-state index contributed by atoms with van der Waals surface area (Å²) in [6.45, 7) is 1.49. The van der Waals surface area contributed by atoms with Gasteiger partial charge in [-0.05, 0) is 0 Å². The minimum Gasteiger partial charge on any atom is -0.394 e. The van der Waals surface area contributed by atoms with Gasteiger partial charge in [-0.25, -0.2) is 0 Å². The van der Waals surface area contributed by atoms with Crippen LogP contribution in [0.15, 0.2) is 0 Å². The van der Waals surface area contributed by atoms with Crippen molar-refractivity contribution in [3.05, 3.63) is 0 Å². The van der Waals surface area contributed by atoms with Crippen LogP contribution in [0, 0.1) is 5.92 Å². The van der Waals surface area contributed by atoms with E-state index in [1.807, 2.05) is 0 Å².